The fraction of sp³-hybridized carbons (Fsp3) is 0.727. The van der Waals surface area contributed by atoms with Gasteiger partial charge < -0.3 is 15.0 Å². The van der Waals surface area contributed by atoms with Gasteiger partial charge in [-0.25, -0.2) is 4.98 Å². The van der Waals surface area contributed by atoms with Crippen LogP contribution in [0.4, 0.5) is 0 Å². The van der Waals surface area contributed by atoms with Gasteiger partial charge in [-0.1, -0.05) is 0 Å². The number of aromatic nitrogens is 2. The lowest BCUT2D eigenvalue weighted by Gasteiger charge is -2.23. The van der Waals surface area contributed by atoms with Gasteiger partial charge in [-0.15, -0.1) is 12.4 Å². The topological polar surface area (TPSA) is 53.1 Å². The molecule has 0 bridgehead atoms. The lowest BCUT2D eigenvalue weighted by Crippen LogP contribution is -2.31. The normalized spacial score (nSPS) is 28.6. The van der Waals surface area contributed by atoms with Crippen molar-refractivity contribution in [1.82, 2.24) is 9.55 Å². The van der Waals surface area contributed by atoms with Crippen molar-refractivity contribution in [1.29, 1.82) is 0 Å². The summed E-state index contributed by atoms with van der Waals surface area (Å²) in [7, 11) is 0. The van der Waals surface area contributed by atoms with Crippen LogP contribution in [0.5, 0.6) is 0 Å². The molecule has 0 radical (unpaired) electrons. The molecule has 2 atom stereocenters. The number of ether oxygens (including phenoxy) is 1. The zero-order chi connectivity index (χ0) is 10.3. The smallest absolute Gasteiger partial charge is 0.114 e. The van der Waals surface area contributed by atoms with Crippen LogP contribution in [-0.2, 0) is 17.7 Å². The molecular formula is C11H18ClN3O. The second-order valence-electron chi connectivity index (χ2n) is 4.57. The lowest BCUT2D eigenvalue weighted by atomic mass is 10.0. The number of imidazole rings is 1. The van der Waals surface area contributed by atoms with Crippen molar-refractivity contribution in [3.63, 3.8) is 0 Å². The summed E-state index contributed by atoms with van der Waals surface area (Å²) in [6, 6.07) is 0.321. The Morgan fingerprint density at radius 3 is 3.06 bits per heavy atom. The minimum absolute atomic E-state index is 0. The van der Waals surface area contributed by atoms with Crippen LogP contribution >= 0.6 is 12.4 Å². The average molecular weight is 244 g/mol. The molecule has 1 aromatic rings. The Morgan fingerprint density at radius 1 is 1.44 bits per heavy atom. The molecule has 16 heavy (non-hydrogen) atoms. The molecule has 1 fully saturated rings. The first kappa shape index (κ1) is 11.9. The van der Waals surface area contributed by atoms with Crippen molar-refractivity contribution < 1.29 is 4.74 Å². The van der Waals surface area contributed by atoms with Crippen LogP contribution in [0.3, 0.4) is 0 Å². The molecule has 4 nitrogen and oxygen atoms in total. The van der Waals surface area contributed by atoms with E-state index >= 15 is 0 Å². The van der Waals surface area contributed by atoms with Crippen LogP contribution in [-0.4, -0.2) is 28.8 Å². The third-order valence-electron chi connectivity index (χ3n) is 3.46. The summed E-state index contributed by atoms with van der Waals surface area (Å²) in [5.74, 6) is 1.72. The van der Waals surface area contributed by atoms with E-state index in [-0.39, 0.29) is 12.4 Å². The molecule has 3 heterocycles. The molecule has 2 aliphatic heterocycles. The van der Waals surface area contributed by atoms with Crippen LogP contribution in [0.15, 0.2) is 6.20 Å². The van der Waals surface area contributed by atoms with Crippen molar-refractivity contribution in [2.24, 2.45) is 5.73 Å². The van der Waals surface area contributed by atoms with Crippen LogP contribution < -0.4 is 5.73 Å². The molecule has 0 amide bonds. The van der Waals surface area contributed by atoms with Gasteiger partial charge in [0.1, 0.15) is 5.82 Å². The third-order valence-corrected chi connectivity index (χ3v) is 3.46. The maximum atomic E-state index is 5.95. The number of rotatable bonds is 1. The molecule has 0 aromatic carbocycles. The molecule has 1 aromatic heterocycles. The zero-order valence-electron chi connectivity index (χ0n) is 9.26. The molecule has 0 aliphatic carbocycles. The first-order valence-electron chi connectivity index (χ1n) is 5.72. The van der Waals surface area contributed by atoms with Crippen LogP contribution in [0.1, 0.15) is 30.3 Å². The predicted octanol–water partition coefficient (Wildman–Crippen LogP) is 1.08. The highest BCUT2D eigenvalue weighted by Gasteiger charge is 2.26. The third kappa shape index (κ3) is 1.97. The van der Waals surface area contributed by atoms with E-state index in [0.717, 1.165) is 39.0 Å². The maximum Gasteiger partial charge on any atom is 0.114 e. The predicted molar refractivity (Wildman–Crippen MR) is 63.9 cm³/mol. The maximum absolute atomic E-state index is 5.95. The van der Waals surface area contributed by atoms with Crippen molar-refractivity contribution in [3.05, 3.63) is 17.7 Å². The number of hydrogen-bond acceptors (Lipinski definition) is 3. The van der Waals surface area contributed by atoms with E-state index in [9.17, 15) is 0 Å². The van der Waals surface area contributed by atoms with E-state index in [0.29, 0.717) is 12.0 Å². The Bertz CT molecular complexity index is 360. The first-order valence-corrected chi connectivity index (χ1v) is 5.72. The Morgan fingerprint density at radius 2 is 2.31 bits per heavy atom. The fourth-order valence-electron chi connectivity index (χ4n) is 2.58. The Balaban J connectivity index is 0.000000963. The Kier molecular flexibility index (Phi) is 3.52. The Labute approximate surface area is 102 Å². The van der Waals surface area contributed by atoms with E-state index in [1.807, 2.05) is 6.20 Å². The van der Waals surface area contributed by atoms with E-state index in [1.165, 1.54) is 11.5 Å². The molecule has 0 spiro atoms. The molecule has 0 saturated carbocycles. The number of halogens is 1. The summed E-state index contributed by atoms with van der Waals surface area (Å²) in [4.78, 5) is 4.54. The van der Waals surface area contributed by atoms with Gasteiger partial charge in [0.25, 0.3) is 0 Å². The van der Waals surface area contributed by atoms with E-state index in [4.69, 9.17) is 10.5 Å². The highest BCUT2D eigenvalue weighted by Crippen LogP contribution is 2.27. The van der Waals surface area contributed by atoms with E-state index < -0.39 is 0 Å². The van der Waals surface area contributed by atoms with Gasteiger partial charge in [0.05, 0.1) is 6.61 Å². The molecule has 2 N–H and O–H groups in total. The van der Waals surface area contributed by atoms with Crippen molar-refractivity contribution in [2.45, 2.75) is 37.8 Å². The second-order valence-corrected chi connectivity index (χ2v) is 4.57. The molecule has 1 saturated heterocycles. The minimum atomic E-state index is 0. The second kappa shape index (κ2) is 4.73. The molecule has 5 heteroatoms. The van der Waals surface area contributed by atoms with Gasteiger partial charge in [0.15, 0.2) is 0 Å². The summed E-state index contributed by atoms with van der Waals surface area (Å²) >= 11 is 0. The number of hydrogen-bond donors (Lipinski definition) is 1. The van der Waals surface area contributed by atoms with Crippen LogP contribution in [0, 0.1) is 0 Å². The lowest BCUT2D eigenvalue weighted by molar-refractivity contribution is 0.192. The van der Waals surface area contributed by atoms with Gasteiger partial charge in [0, 0.05) is 43.4 Å². The zero-order valence-corrected chi connectivity index (χ0v) is 10.1. The summed E-state index contributed by atoms with van der Waals surface area (Å²) in [6.07, 6.45) is 5.15. The largest absolute Gasteiger partial charge is 0.381 e. The molecule has 90 valence electrons. The van der Waals surface area contributed by atoms with Gasteiger partial charge in [0.2, 0.25) is 0 Å². The van der Waals surface area contributed by atoms with E-state index in [1.54, 1.807) is 0 Å². The monoisotopic (exact) mass is 243 g/mol. The standard InChI is InChI=1S/C11H17N3O.ClH/c12-9-1-3-14-10(5-9)6-13-11(14)8-2-4-15-7-8;/h6,8-9H,1-5,7,12H2;1H. The number of nitrogens with zero attached hydrogens (tertiary/aromatic N) is 2. The summed E-state index contributed by atoms with van der Waals surface area (Å²) < 4.78 is 7.76. The van der Waals surface area contributed by atoms with E-state index in [2.05, 4.69) is 9.55 Å². The molecular weight excluding hydrogens is 226 g/mol. The molecule has 2 unspecified atom stereocenters. The van der Waals surface area contributed by atoms with Crippen molar-refractivity contribution in [2.75, 3.05) is 13.2 Å². The SMILES string of the molecule is Cl.NC1CCn2c(cnc2C2CCOC2)C1. The van der Waals surface area contributed by atoms with Crippen molar-refractivity contribution in [3.8, 4) is 0 Å². The summed E-state index contributed by atoms with van der Waals surface area (Å²) in [6.45, 7) is 2.75. The van der Waals surface area contributed by atoms with Gasteiger partial charge in [-0.3, -0.25) is 0 Å². The quantitative estimate of drug-likeness (QED) is 0.803. The van der Waals surface area contributed by atoms with Crippen LogP contribution in [0.2, 0.25) is 0 Å². The highest BCUT2D eigenvalue weighted by molar-refractivity contribution is 5.85. The van der Waals surface area contributed by atoms with Crippen molar-refractivity contribution >= 4 is 12.4 Å². The first-order chi connectivity index (χ1) is 7.34. The van der Waals surface area contributed by atoms with Gasteiger partial charge in [-0.05, 0) is 12.8 Å². The van der Waals surface area contributed by atoms with Gasteiger partial charge >= 0.3 is 0 Å². The number of nitrogens with two attached hydrogens (primary N) is 1. The highest BCUT2D eigenvalue weighted by atomic mass is 35.5. The van der Waals surface area contributed by atoms with Crippen LogP contribution in [0.25, 0.3) is 0 Å². The molecule has 3 rings (SSSR count). The van der Waals surface area contributed by atoms with Gasteiger partial charge in [-0.2, -0.15) is 0 Å². The molecule has 2 aliphatic rings. The Hall–Kier alpha value is -0.580. The minimum Gasteiger partial charge on any atom is -0.381 e. The summed E-state index contributed by atoms with van der Waals surface area (Å²) in [5.41, 5.74) is 7.25. The average Bonchev–Trinajstić information content (AvgIpc) is 2.82. The fourth-order valence-corrected chi connectivity index (χ4v) is 2.58. The number of fused-ring (bicyclic) bond motifs is 1. The summed E-state index contributed by atoms with van der Waals surface area (Å²) in [5, 5.41) is 0.